The van der Waals surface area contributed by atoms with Crippen LogP contribution in [-0.2, 0) is 0 Å². The fourth-order valence-corrected chi connectivity index (χ4v) is 6.30. The second-order valence-electron chi connectivity index (χ2n) is 10.8. The van der Waals surface area contributed by atoms with Gasteiger partial charge in [-0.15, -0.1) is 0 Å². The van der Waals surface area contributed by atoms with E-state index in [0.29, 0.717) is 0 Å². The molecule has 0 N–H and O–H groups in total. The van der Waals surface area contributed by atoms with Crippen molar-refractivity contribution in [2.45, 2.75) is 27.7 Å². The third kappa shape index (κ3) is 5.07. The maximum Gasteiger partial charge on any atom is 0.110 e. The summed E-state index contributed by atoms with van der Waals surface area (Å²) < 4.78 is 2.31. The van der Waals surface area contributed by atoms with E-state index in [1.165, 1.54) is 32.3 Å². The molecule has 0 saturated heterocycles. The van der Waals surface area contributed by atoms with Crippen molar-refractivity contribution in [1.82, 2.24) is 9.55 Å². The zero-order valence-electron chi connectivity index (χ0n) is 26.4. The van der Waals surface area contributed by atoms with Crippen molar-refractivity contribution in [2.75, 3.05) is 0 Å². The summed E-state index contributed by atoms with van der Waals surface area (Å²) in [5.74, 6) is 0.886. The van der Waals surface area contributed by atoms with E-state index in [-0.39, 0.29) is 0 Å². The highest BCUT2D eigenvalue weighted by atomic mass is 15.1. The summed E-state index contributed by atoms with van der Waals surface area (Å²) in [7, 11) is 0. The number of pyridine rings is 1. The molecule has 0 spiro atoms. The van der Waals surface area contributed by atoms with E-state index in [4.69, 9.17) is 9.98 Å². The summed E-state index contributed by atoms with van der Waals surface area (Å²) >= 11 is 0. The average molecular weight is 584 g/mol. The predicted molar refractivity (Wildman–Crippen MR) is 198 cm³/mol. The molecular weight excluding hydrogens is 546 g/mol. The van der Waals surface area contributed by atoms with Crippen LogP contribution in [0.15, 0.2) is 140 Å². The van der Waals surface area contributed by atoms with Crippen molar-refractivity contribution in [3.63, 3.8) is 0 Å². The van der Waals surface area contributed by atoms with Gasteiger partial charge < -0.3 is 0 Å². The molecule has 0 aliphatic heterocycles. The minimum atomic E-state index is 0.886. The van der Waals surface area contributed by atoms with Crippen molar-refractivity contribution in [3.05, 3.63) is 146 Å². The van der Waals surface area contributed by atoms with E-state index in [0.717, 1.165) is 50.2 Å². The van der Waals surface area contributed by atoms with Gasteiger partial charge in [-0.3, -0.25) is 4.57 Å². The first kappa shape index (κ1) is 29.5. The van der Waals surface area contributed by atoms with Crippen LogP contribution in [0.2, 0.25) is 0 Å². The van der Waals surface area contributed by atoms with E-state index < -0.39 is 0 Å². The second-order valence-corrected chi connectivity index (χ2v) is 10.8. The molecule has 220 valence electrons. The highest BCUT2D eigenvalue weighted by Crippen LogP contribution is 2.42. The van der Waals surface area contributed by atoms with Crippen molar-refractivity contribution in [2.24, 2.45) is 4.99 Å². The molecule has 45 heavy (non-hydrogen) atoms. The third-order valence-electron chi connectivity index (χ3n) is 8.31. The molecule has 5 aromatic carbocycles. The molecule has 0 aliphatic carbocycles. The van der Waals surface area contributed by atoms with E-state index in [9.17, 15) is 0 Å². The zero-order chi connectivity index (χ0) is 31.5. The van der Waals surface area contributed by atoms with Crippen LogP contribution in [-0.4, -0.2) is 15.4 Å². The molecule has 0 atom stereocenters. The van der Waals surface area contributed by atoms with Crippen molar-refractivity contribution in [1.29, 1.82) is 0 Å². The smallest absolute Gasteiger partial charge is 0.110 e. The molecule has 3 nitrogen and oxygen atoms in total. The lowest BCUT2D eigenvalue weighted by Gasteiger charge is -2.11. The Morgan fingerprint density at radius 2 is 1.42 bits per heavy atom. The normalized spacial score (nSPS) is 12.1. The number of aromatic nitrogens is 2. The highest BCUT2D eigenvalue weighted by molar-refractivity contribution is 6.33. The molecule has 0 unspecified atom stereocenters. The maximum atomic E-state index is 5.19. The summed E-state index contributed by atoms with van der Waals surface area (Å²) in [6, 6.07) is 32.7. The third-order valence-corrected chi connectivity index (χ3v) is 8.31. The number of rotatable bonds is 5. The van der Waals surface area contributed by atoms with Gasteiger partial charge in [-0.2, -0.15) is 0 Å². The van der Waals surface area contributed by atoms with Gasteiger partial charge in [0.2, 0.25) is 0 Å². The van der Waals surface area contributed by atoms with Crippen LogP contribution in [0.5, 0.6) is 0 Å². The van der Waals surface area contributed by atoms with Gasteiger partial charge in [-0.1, -0.05) is 130 Å². The van der Waals surface area contributed by atoms with Gasteiger partial charge in [-0.05, 0) is 59.3 Å². The Hall–Kier alpha value is -5.54. The lowest BCUT2D eigenvalue weighted by molar-refractivity contribution is 1.24. The Balaban J connectivity index is 0.00000175. The molecule has 2 heterocycles. The summed E-state index contributed by atoms with van der Waals surface area (Å²) in [6.07, 6.45) is 11.3. The first-order valence-electron chi connectivity index (χ1n) is 15.5. The molecule has 0 saturated carbocycles. The molecule has 0 aliphatic rings. The summed E-state index contributed by atoms with van der Waals surface area (Å²) in [6.45, 7) is 15.8. The number of hydrogen-bond acceptors (Lipinski definition) is 2. The van der Waals surface area contributed by atoms with Gasteiger partial charge in [-0.25, -0.2) is 9.98 Å². The summed E-state index contributed by atoms with van der Waals surface area (Å²) in [4.78, 5) is 10.0. The average Bonchev–Trinajstić information content (AvgIpc) is 3.44. The van der Waals surface area contributed by atoms with Gasteiger partial charge in [0.15, 0.2) is 0 Å². The lowest BCUT2D eigenvalue weighted by atomic mass is 9.96. The quantitative estimate of drug-likeness (QED) is 0.0858. The standard InChI is InChI=1S/C40H31N3.C2H6/c1-5-7-13-28-18-19-29-21-23-36(42-39(29)26(28)3)30-20-22-35-37(25-30)43(27(4)41-24-8-6-2)40-34-17-12-10-15-32(34)31-14-9-11-16-33(31)38(35)40;1-2/h5-25H,1-2H2,3-4H3;1-2H3/b13-7-,24-8-,41-27?;. The lowest BCUT2D eigenvalue weighted by Crippen LogP contribution is -2.07. The first-order valence-corrected chi connectivity index (χ1v) is 15.5. The molecule has 7 aromatic rings. The molecule has 0 bridgehead atoms. The van der Waals surface area contributed by atoms with Crippen molar-refractivity contribution in [3.8, 4) is 11.3 Å². The van der Waals surface area contributed by atoms with Gasteiger partial charge in [0.1, 0.15) is 5.84 Å². The minimum Gasteiger partial charge on any atom is -0.297 e. The summed E-state index contributed by atoms with van der Waals surface area (Å²) in [5, 5.41) is 8.48. The van der Waals surface area contributed by atoms with Crippen molar-refractivity contribution < 1.29 is 0 Å². The second kappa shape index (κ2) is 12.6. The van der Waals surface area contributed by atoms with Crippen molar-refractivity contribution >= 4 is 66.2 Å². The number of aryl methyl sites for hydroxylation is 1. The molecule has 0 fully saturated rings. The number of benzene rings is 5. The largest absolute Gasteiger partial charge is 0.297 e. The van der Waals surface area contributed by atoms with E-state index >= 15 is 0 Å². The first-order chi connectivity index (χ1) is 22.1. The highest BCUT2D eigenvalue weighted by Gasteiger charge is 2.20. The van der Waals surface area contributed by atoms with Gasteiger partial charge in [0.25, 0.3) is 0 Å². The Bertz CT molecular complexity index is 2340. The molecular formula is C42H37N3. The molecule has 7 rings (SSSR count). The zero-order valence-corrected chi connectivity index (χ0v) is 26.4. The number of hydrogen-bond donors (Lipinski definition) is 0. The SMILES string of the molecule is C=C/C=C\N=C(C)n1c2cc(-c3ccc4ccc(/C=C\C=C)c(C)c4n3)ccc2c2c3ccccc3c3ccccc3c21.CC. The minimum absolute atomic E-state index is 0.886. The van der Waals surface area contributed by atoms with Crippen LogP contribution in [0.1, 0.15) is 31.9 Å². The fourth-order valence-electron chi connectivity index (χ4n) is 6.30. The monoisotopic (exact) mass is 583 g/mol. The van der Waals surface area contributed by atoms with Gasteiger partial charge >= 0.3 is 0 Å². The fraction of sp³-hybridized carbons (Fsp3) is 0.0952. The molecule has 0 radical (unpaired) electrons. The molecule has 3 heteroatoms. The van der Waals surface area contributed by atoms with Gasteiger partial charge in [0, 0.05) is 33.3 Å². The van der Waals surface area contributed by atoms with Crippen LogP contribution >= 0.6 is 0 Å². The van der Waals surface area contributed by atoms with Crippen LogP contribution < -0.4 is 0 Å². The Morgan fingerprint density at radius 3 is 2.16 bits per heavy atom. The summed E-state index contributed by atoms with van der Waals surface area (Å²) in [5.41, 5.74) is 7.57. The predicted octanol–water partition coefficient (Wildman–Crippen LogP) is 11.8. The van der Waals surface area contributed by atoms with E-state index in [1.54, 1.807) is 18.4 Å². The molecule has 2 aromatic heterocycles. The van der Waals surface area contributed by atoms with Crippen LogP contribution in [0.4, 0.5) is 0 Å². The van der Waals surface area contributed by atoms with Crippen LogP contribution in [0, 0.1) is 6.92 Å². The van der Waals surface area contributed by atoms with E-state index in [2.05, 4.69) is 129 Å². The number of allylic oxidation sites excluding steroid dienone is 4. The Labute approximate surface area is 264 Å². The topological polar surface area (TPSA) is 30.2 Å². The number of fused-ring (bicyclic) bond motifs is 9. The maximum absolute atomic E-state index is 5.19. The molecule has 0 amide bonds. The van der Waals surface area contributed by atoms with Crippen LogP contribution in [0.3, 0.4) is 0 Å². The number of nitrogens with zero attached hydrogens (tertiary/aromatic N) is 3. The Kier molecular flexibility index (Phi) is 8.26. The van der Waals surface area contributed by atoms with E-state index in [1.807, 2.05) is 26.0 Å². The Morgan fingerprint density at radius 1 is 0.756 bits per heavy atom. The number of aliphatic imine (C=N–C) groups is 1. The van der Waals surface area contributed by atoms with Crippen LogP contribution in [0.25, 0.3) is 71.6 Å². The van der Waals surface area contributed by atoms with Gasteiger partial charge in [0.05, 0.1) is 22.2 Å².